The van der Waals surface area contributed by atoms with Crippen LogP contribution in [0.1, 0.15) is 0 Å². The van der Waals surface area contributed by atoms with E-state index in [9.17, 15) is 4.79 Å². The van der Waals surface area contributed by atoms with Crippen LogP contribution in [-0.2, 0) is 4.79 Å². The minimum Gasteiger partial charge on any atom is -0.369 e. The zero-order valence-electron chi connectivity index (χ0n) is 7.60. The lowest BCUT2D eigenvalue weighted by Gasteiger charge is -2.06. The Morgan fingerprint density at radius 3 is 2.92 bits per heavy atom. The third-order valence-corrected chi connectivity index (χ3v) is 2.21. The number of thioether (sulfide) groups is 1. The molecule has 1 aliphatic rings. The first kappa shape index (κ1) is 9.98. The number of carbonyl (C=O) groups excluding carboxylic acids is 1. The van der Waals surface area contributed by atoms with Gasteiger partial charge in [-0.1, -0.05) is 11.8 Å². The molecule has 0 N–H and O–H groups in total. The van der Waals surface area contributed by atoms with E-state index in [1.165, 1.54) is 11.8 Å². The summed E-state index contributed by atoms with van der Waals surface area (Å²) in [5.74, 6) is 0.660. The van der Waals surface area contributed by atoms with Crippen molar-refractivity contribution in [2.24, 2.45) is 9.98 Å². The lowest BCUT2D eigenvalue weighted by atomic mass is 10.4. The van der Waals surface area contributed by atoms with Gasteiger partial charge in [0.05, 0.1) is 6.34 Å². The number of nitrogens with zero attached hydrogens (tertiary/aromatic N) is 3. The van der Waals surface area contributed by atoms with Gasteiger partial charge in [-0.05, 0) is 0 Å². The second-order valence-corrected chi connectivity index (χ2v) is 3.67. The predicted molar refractivity (Wildman–Crippen MR) is 56.2 cm³/mol. The summed E-state index contributed by atoms with van der Waals surface area (Å²) < 4.78 is 0. The molecule has 5 heteroatoms. The molecule has 0 unspecified atom stereocenters. The Labute approximate surface area is 81.4 Å². The van der Waals surface area contributed by atoms with Crippen LogP contribution in [0.5, 0.6) is 0 Å². The van der Waals surface area contributed by atoms with Crippen molar-refractivity contribution in [1.29, 1.82) is 0 Å². The number of rotatable bonds is 2. The van der Waals surface area contributed by atoms with E-state index >= 15 is 0 Å². The van der Waals surface area contributed by atoms with Crippen molar-refractivity contribution in [1.82, 2.24) is 4.90 Å². The van der Waals surface area contributed by atoms with Gasteiger partial charge in [0, 0.05) is 31.6 Å². The summed E-state index contributed by atoms with van der Waals surface area (Å²) in [5.41, 5.74) is 0.703. The number of hydrogen-bond donors (Lipinski definition) is 0. The van der Waals surface area contributed by atoms with Crippen LogP contribution in [0, 0.1) is 0 Å². The van der Waals surface area contributed by atoms with Crippen LogP contribution < -0.4 is 0 Å². The highest BCUT2D eigenvalue weighted by Crippen LogP contribution is 2.15. The first-order valence-corrected chi connectivity index (χ1v) is 4.76. The Bertz CT molecular complexity index is 281. The number of carbonyl (C=O) groups is 1. The number of aliphatic imine (C=N–C) groups is 2. The van der Waals surface area contributed by atoms with Gasteiger partial charge in [0.25, 0.3) is 0 Å². The zero-order chi connectivity index (χ0) is 9.68. The molecule has 0 radical (unpaired) electrons. The molecule has 0 aromatic rings. The maximum atomic E-state index is 10.3. The van der Waals surface area contributed by atoms with E-state index in [-0.39, 0.29) is 0 Å². The lowest BCUT2D eigenvalue weighted by molar-refractivity contribution is -0.104. The first-order chi connectivity index (χ1) is 6.22. The van der Waals surface area contributed by atoms with E-state index in [1.807, 2.05) is 19.0 Å². The molecule has 0 bridgehead atoms. The van der Waals surface area contributed by atoms with Crippen molar-refractivity contribution in [3.8, 4) is 0 Å². The molecule has 0 fully saturated rings. The van der Waals surface area contributed by atoms with Crippen molar-refractivity contribution in [2.75, 3.05) is 19.8 Å². The summed E-state index contributed by atoms with van der Waals surface area (Å²) in [4.78, 5) is 20.3. The van der Waals surface area contributed by atoms with Gasteiger partial charge in [0.2, 0.25) is 0 Å². The van der Waals surface area contributed by atoms with E-state index in [1.54, 1.807) is 12.5 Å². The van der Waals surface area contributed by atoms with Gasteiger partial charge in [0.1, 0.15) is 6.29 Å². The molecular weight excluding hydrogens is 186 g/mol. The van der Waals surface area contributed by atoms with E-state index in [2.05, 4.69) is 9.98 Å². The highest BCUT2D eigenvalue weighted by molar-refractivity contribution is 8.14. The molecule has 0 saturated heterocycles. The monoisotopic (exact) mass is 197 g/mol. The molecule has 70 valence electrons. The van der Waals surface area contributed by atoms with Crippen molar-refractivity contribution in [3.05, 3.63) is 11.8 Å². The smallest absolute Gasteiger partial charge is 0.189 e. The molecule has 0 aromatic heterocycles. The fourth-order valence-electron chi connectivity index (χ4n) is 0.660. The van der Waals surface area contributed by atoms with Crippen LogP contribution in [0.2, 0.25) is 0 Å². The van der Waals surface area contributed by atoms with Crippen LogP contribution in [0.25, 0.3) is 0 Å². The molecule has 0 spiro atoms. The molecule has 13 heavy (non-hydrogen) atoms. The minimum absolute atomic E-state index is 0.660. The Morgan fingerprint density at radius 1 is 1.69 bits per heavy atom. The average molecular weight is 197 g/mol. The zero-order valence-corrected chi connectivity index (χ0v) is 8.41. The standard InChI is InChI=1S/C8H11N3OS/c1-11(2)6-10-8-9-3-7(4-12)5-13-8/h3-4,6H,5H2,1-2H3/b10-6-. The topological polar surface area (TPSA) is 45.0 Å². The number of amidine groups is 1. The van der Waals surface area contributed by atoms with Crippen molar-refractivity contribution < 1.29 is 4.79 Å². The van der Waals surface area contributed by atoms with E-state index in [0.717, 1.165) is 6.29 Å². The third-order valence-electron chi connectivity index (χ3n) is 1.26. The summed E-state index contributed by atoms with van der Waals surface area (Å²) in [5, 5.41) is 0.694. The van der Waals surface area contributed by atoms with Crippen LogP contribution in [-0.4, -0.2) is 42.5 Å². The van der Waals surface area contributed by atoms with Gasteiger partial charge in [0.15, 0.2) is 5.17 Å². The Hall–Kier alpha value is -1.10. The Balaban J connectivity index is 2.59. The molecule has 0 aliphatic carbocycles. The molecular formula is C8H11N3OS. The van der Waals surface area contributed by atoms with Crippen LogP contribution >= 0.6 is 11.8 Å². The maximum Gasteiger partial charge on any atom is 0.189 e. The summed E-state index contributed by atoms with van der Waals surface area (Å²) in [6, 6.07) is 0. The second kappa shape index (κ2) is 4.81. The predicted octanol–water partition coefficient (Wildman–Crippen LogP) is 0.762. The fourth-order valence-corrected chi connectivity index (χ4v) is 1.35. The molecule has 0 atom stereocenters. The fraction of sp³-hybridized carbons (Fsp3) is 0.375. The van der Waals surface area contributed by atoms with Gasteiger partial charge in [-0.25, -0.2) is 9.98 Å². The van der Waals surface area contributed by atoms with Gasteiger partial charge < -0.3 is 4.90 Å². The van der Waals surface area contributed by atoms with E-state index in [4.69, 9.17) is 0 Å². The maximum absolute atomic E-state index is 10.3. The van der Waals surface area contributed by atoms with Gasteiger partial charge in [-0.2, -0.15) is 0 Å². The molecule has 1 heterocycles. The van der Waals surface area contributed by atoms with E-state index < -0.39 is 0 Å². The summed E-state index contributed by atoms with van der Waals surface area (Å²) >= 11 is 1.46. The Kier molecular flexibility index (Phi) is 3.70. The quantitative estimate of drug-likeness (QED) is 0.373. The van der Waals surface area contributed by atoms with Crippen molar-refractivity contribution in [3.63, 3.8) is 0 Å². The summed E-state index contributed by atoms with van der Waals surface area (Å²) in [6.45, 7) is 0. The molecule has 0 amide bonds. The SMILES string of the molecule is CN(C)/C=N\C1=NC=C(C=O)CS1. The highest BCUT2D eigenvalue weighted by Gasteiger charge is 2.05. The normalized spacial score (nSPS) is 16.8. The van der Waals surface area contributed by atoms with Gasteiger partial charge in [-0.15, -0.1) is 0 Å². The third kappa shape index (κ3) is 3.42. The van der Waals surface area contributed by atoms with Crippen LogP contribution in [0.4, 0.5) is 0 Å². The van der Waals surface area contributed by atoms with Crippen LogP contribution in [0.3, 0.4) is 0 Å². The molecule has 0 saturated carbocycles. The highest BCUT2D eigenvalue weighted by atomic mass is 32.2. The van der Waals surface area contributed by atoms with E-state index in [0.29, 0.717) is 16.5 Å². The lowest BCUT2D eigenvalue weighted by Crippen LogP contribution is -2.09. The van der Waals surface area contributed by atoms with Gasteiger partial charge in [-0.3, -0.25) is 4.79 Å². The second-order valence-electron chi connectivity index (χ2n) is 2.73. The number of aldehydes is 1. The molecule has 1 aliphatic heterocycles. The summed E-state index contributed by atoms with van der Waals surface area (Å²) in [7, 11) is 3.79. The average Bonchev–Trinajstić information content (AvgIpc) is 2.15. The van der Waals surface area contributed by atoms with Crippen molar-refractivity contribution >= 4 is 29.6 Å². The van der Waals surface area contributed by atoms with Crippen molar-refractivity contribution in [2.45, 2.75) is 0 Å². The largest absolute Gasteiger partial charge is 0.369 e. The Morgan fingerprint density at radius 2 is 2.46 bits per heavy atom. The molecule has 0 aromatic carbocycles. The minimum atomic E-state index is 0.660. The summed E-state index contributed by atoms with van der Waals surface area (Å²) in [6.07, 6.45) is 4.07. The van der Waals surface area contributed by atoms with Gasteiger partial charge >= 0.3 is 0 Å². The molecule has 4 nitrogen and oxygen atoms in total. The van der Waals surface area contributed by atoms with Crippen LogP contribution in [0.15, 0.2) is 21.8 Å². The first-order valence-electron chi connectivity index (χ1n) is 3.78. The molecule has 1 rings (SSSR count). The number of hydrogen-bond acceptors (Lipinski definition) is 4.